The zero-order valence-corrected chi connectivity index (χ0v) is 10.6. The van der Waals surface area contributed by atoms with Crippen LogP contribution in [0.5, 0.6) is 0 Å². The van der Waals surface area contributed by atoms with Crippen LogP contribution in [0, 0.1) is 0 Å². The van der Waals surface area contributed by atoms with Crippen LogP contribution >= 0.6 is 0 Å². The fraction of sp³-hybridized carbons (Fsp3) is 0.133. The normalized spacial score (nSPS) is 11.4. The van der Waals surface area contributed by atoms with Gasteiger partial charge in [0, 0.05) is 6.54 Å². The summed E-state index contributed by atoms with van der Waals surface area (Å²) in [5.41, 5.74) is 2.67. The Kier molecular flexibility index (Phi) is 3.06. The Morgan fingerprint density at radius 3 is 3.00 bits per heavy atom. The summed E-state index contributed by atoms with van der Waals surface area (Å²) in [4.78, 5) is 4.33. The van der Waals surface area contributed by atoms with Gasteiger partial charge in [0.05, 0.1) is 6.26 Å². The van der Waals surface area contributed by atoms with Crippen molar-refractivity contribution in [2.24, 2.45) is 0 Å². The minimum Gasteiger partial charge on any atom is -0.465 e. The number of oxazole rings is 1. The minimum atomic E-state index is 0.560. The van der Waals surface area contributed by atoms with E-state index < -0.39 is 0 Å². The Hall–Kier alpha value is -2.49. The topological polar surface area (TPSA) is 51.2 Å². The van der Waals surface area contributed by atoms with E-state index in [1.165, 1.54) is 0 Å². The largest absolute Gasteiger partial charge is 0.465 e. The van der Waals surface area contributed by atoms with E-state index in [0.29, 0.717) is 6.01 Å². The molecule has 0 saturated carbocycles. The lowest BCUT2D eigenvalue weighted by molar-refractivity contribution is 0.557. The smallest absolute Gasteiger partial charge is 0.295 e. The van der Waals surface area contributed by atoms with E-state index in [9.17, 15) is 0 Å². The summed E-state index contributed by atoms with van der Waals surface area (Å²) in [6.45, 7) is 2.80. The van der Waals surface area contributed by atoms with Crippen molar-refractivity contribution in [3.8, 4) is 0 Å². The van der Waals surface area contributed by atoms with Crippen molar-refractivity contribution in [2.75, 3.05) is 11.9 Å². The summed E-state index contributed by atoms with van der Waals surface area (Å²) < 4.78 is 10.9. The number of benzene rings is 1. The van der Waals surface area contributed by atoms with E-state index in [0.717, 1.165) is 29.0 Å². The van der Waals surface area contributed by atoms with Gasteiger partial charge in [0.1, 0.15) is 11.3 Å². The van der Waals surface area contributed by atoms with E-state index in [1.54, 1.807) is 6.26 Å². The highest BCUT2D eigenvalue weighted by Crippen LogP contribution is 2.21. The molecule has 2 heterocycles. The Labute approximate surface area is 110 Å². The van der Waals surface area contributed by atoms with Crippen LogP contribution in [0.4, 0.5) is 6.01 Å². The molecule has 2 aromatic heterocycles. The van der Waals surface area contributed by atoms with Crippen LogP contribution in [-0.2, 0) is 0 Å². The number of hydrogen-bond acceptors (Lipinski definition) is 4. The van der Waals surface area contributed by atoms with Crippen LogP contribution < -0.4 is 5.32 Å². The number of rotatable bonds is 4. The van der Waals surface area contributed by atoms with Gasteiger partial charge in [-0.2, -0.15) is 4.98 Å². The first kappa shape index (κ1) is 11.6. The average Bonchev–Trinajstić information content (AvgIpc) is 3.05. The van der Waals surface area contributed by atoms with Crippen molar-refractivity contribution >= 4 is 29.3 Å². The number of nitrogens with one attached hydrogen (secondary N) is 1. The van der Waals surface area contributed by atoms with Gasteiger partial charge >= 0.3 is 0 Å². The fourth-order valence-corrected chi connectivity index (χ4v) is 1.84. The third kappa shape index (κ3) is 2.52. The summed E-state index contributed by atoms with van der Waals surface area (Å²) in [6, 6.07) is 10.2. The molecule has 0 spiro atoms. The third-order valence-corrected chi connectivity index (χ3v) is 2.72. The summed E-state index contributed by atoms with van der Waals surface area (Å²) >= 11 is 0. The lowest BCUT2D eigenvalue weighted by Crippen LogP contribution is -1.95. The number of fused-ring (bicyclic) bond motifs is 1. The Morgan fingerprint density at radius 2 is 2.21 bits per heavy atom. The van der Waals surface area contributed by atoms with Crippen molar-refractivity contribution in [3.63, 3.8) is 0 Å². The SMILES string of the molecule is CCNc1nc2ccc(C=Cc3ccco3)cc2o1. The Morgan fingerprint density at radius 1 is 1.26 bits per heavy atom. The first-order valence-electron chi connectivity index (χ1n) is 6.21. The second-order valence-electron chi connectivity index (χ2n) is 4.13. The number of anilines is 1. The van der Waals surface area contributed by atoms with Crippen LogP contribution in [0.15, 0.2) is 45.4 Å². The van der Waals surface area contributed by atoms with Crippen LogP contribution in [0.3, 0.4) is 0 Å². The Balaban J connectivity index is 1.88. The molecule has 19 heavy (non-hydrogen) atoms. The van der Waals surface area contributed by atoms with Gasteiger partial charge in [-0.1, -0.05) is 12.1 Å². The molecule has 3 rings (SSSR count). The number of aromatic nitrogens is 1. The lowest BCUT2D eigenvalue weighted by atomic mass is 10.2. The van der Waals surface area contributed by atoms with Crippen molar-refractivity contribution < 1.29 is 8.83 Å². The molecule has 0 unspecified atom stereocenters. The van der Waals surface area contributed by atoms with Crippen molar-refractivity contribution in [3.05, 3.63) is 47.9 Å². The molecule has 1 N–H and O–H groups in total. The molecule has 0 amide bonds. The molecule has 0 bridgehead atoms. The average molecular weight is 254 g/mol. The van der Waals surface area contributed by atoms with Crippen molar-refractivity contribution in [1.82, 2.24) is 4.98 Å². The molecule has 3 aromatic rings. The third-order valence-electron chi connectivity index (χ3n) is 2.72. The van der Waals surface area contributed by atoms with Gasteiger partial charge in [0.15, 0.2) is 5.58 Å². The van der Waals surface area contributed by atoms with E-state index >= 15 is 0 Å². The standard InChI is InChI=1S/C15H14N2O2/c1-2-16-15-17-13-8-6-11(10-14(13)19-15)5-7-12-4-3-9-18-12/h3-10H,2H2,1H3,(H,16,17). The maximum absolute atomic E-state index is 5.61. The monoisotopic (exact) mass is 254 g/mol. The summed E-state index contributed by atoms with van der Waals surface area (Å²) in [6.07, 6.45) is 5.55. The molecule has 0 fully saturated rings. The fourth-order valence-electron chi connectivity index (χ4n) is 1.84. The summed E-state index contributed by atoms with van der Waals surface area (Å²) in [7, 11) is 0. The number of furan rings is 1. The molecule has 1 aromatic carbocycles. The molecule has 0 radical (unpaired) electrons. The molecular weight excluding hydrogens is 240 g/mol. The van der Waals surface area contributed by atoms with Crippen LogP contribution in [0.1, 0.15) is 18.2 Å². The van der Waals surface area contributed by atoms with Gasteiger partial charge in [0.25, 0.3) is 6.01 Å². The molecular formula is C15H14N2O2. The van der Waals surface area contributed by atoms with E-state index in [4.69, 9.17) is 8.83 Å². The van der Waals surface area contributed by atoms with Crippen molar-refractivity contribution in [2.45, 2.75) is 6.92 Å². The van der Waals surface area contributed by atoms with Gasteiger partial charge in [-0.15, -0.1) is 0 Å². The molecule has 0 atom stereocenters. The zero-order valence-electron chi connectivity index (χ0n) is 10.6. The predicted octanol–water partition coefficient (Wildman–Crippen LogP) is 4.02. The highest BCUT2D eigenvalue weighted by Gasteiger charge is 2.04. The molecule has 0 aliphatic rings. The number of hydrogen-bond donors (Lipinski definition) is 1. The second-order valence-corrected chi connectivity index (χ2v) is 4.13. The quantitative estimate of drug-likeness (QED) is 0.763. The molecule has 4 nitrogen and oxygen atoms in total. The van der Waals surface area contributed by atoms with Gasteiger partial charge in [-0.25, -0.2) is 0 Å². The molecule has 4 heteroatoms. The van der Waals surface area contributed by atoms with E-state index in [2.05, 4.69) is 10.3 Å². The van der Waals surface area contributed by atoms with Gasteiger partial charge in [0.2, 0.25) is 0 Å². The van der Waals surface area contributed by atoms with Gasteiger partial charge < -0.3 is 14.2 Å². The van der Waals surface area contributed by atoms with Gasteiger partial charge in [-0.3, -0.25) is 0 Å². The van der Waals surface area contributed by atoms with Crippen LogP contribution in [-0.4, -0.2) is 11.5 Å². The maximum Gasteiger partial charge on any atom is 0.295 e. The summed E-state index contributed by atoms with van der Waals surface area (Å²) in [5, 5.41) is 3.06. The highest BCUT2D eigenvalue weighted by atomic mass is 16.4. The van der Waals surface area contributed by atoms with Crippen LogP contribution in [0.25, 0.3) is 23.3 Å². The first-order valence-corrected chi connectivity index (χ1v) is 6.21. The zero-order chi connectivity index (χ0) is 13.1. The Bertz CT molecular complexity index is 696. The first-order chi connectivity index (χ1) is 9.35. The molecule has 96 valence electrons. The number of nitrogens with zero attached hydrogens (tertiary/aromatic N) is 1. The predicted molar refractivity (Wildman–Crippen MR) is 75.8 cm³/mol. The lowest BCUT2D eigenvalue weighted by Gasteiger charge is -1.92. The van der Waals surface area contributed by atoms with Gasteiger partial charge in [-0.05, 0) is 42.8 Å². The summed E-state index contributed by atoms with van der Waals surface area (Å²) in [5.74, 6) is 0.825. The molecule has 0 saturated heterocycles. The van der Waals surface area contributed by atoms with Crippen LogP contribution in [0.2, 0.25) is 0 Å². The van der Waals surface area contributed by atoms with E-state index in [1.807, 2.05) is 49.4 Å². The second kappa shape index (κ2) is 5.02. The maximum atomic E-state index is 5.61. The molecule has 0 aliphatic heterocycles. The minimum absolute atomic E-state index is 0.560. The molecule has 0 aliphatic carbocycles. The highest BCUT2D eigenvalue weighted by molar-refractivity contribution is 5.79. The van der Waals surface area contributed by atoms with E-state index in [-0.39, 0.29) is 0 Å². The van der Waals surface area contributed by atoms with Crippen molar-refractivity contribution in [1.29, 1.82) is 0 Å².